The summed E-state index contributed by atoms with van der Waals surface area (Å²) in [5.74, 6) is 6.56. The molecule has 0 amide bonds. The van der Waals surface area contributed by atoms with E-state index in [0.29, 0.717) is 6.54 Å². The van der Waals surface area contributed by atoms with Crippen LogP contribution in [0.4, 0.5) is 0 Å². The lowest BCUT2D eigenvalue weighted by atomic mass is 9.74. The van der Waals surface area contributed by atoms with Crippen molar-refractivity contribution in [1.82, 2.24) is 4.98 Å². The number of hydrogen-bond donors (Lipinski definition) is 0. The van der Waals surface area contributed by atoms with Gasteiger partial charge in [-0.1, -0.05) is 105 Å². The molecule has 5 aliphatic rings. The summed E-state index contributed by atoms with van der Waals surface area (Å²) in [5.41, 5.74) is 15.8. The molecule has 8 bridgehead atoms. The zero-order valence-corrected chi connectivity index (χ0v) is 46.2. The van der Waals surface area contributed by atoms with Crippen molar-refractivity contribution in [1.29, 1.82) is 0 Å². The van der Waals surface area contributed by atoms with Crippen LogP contribution in [-0.2, 0) is 6.54 Å². The summed E-state index contributed by atoms with van der Waals surface area (Å²) < 4.78 is 58.1. The topological polar surface area (TPSA) is 90.6 Å². The van der Waals surface area contributed by atoms with E-state index in [9.17, 15) is 0 Å². The zero-order chi connectivity index (χ0) is 52.3. The van der Waals surface area contributed by atoms with Crippen molar-refractivity contribution in [3.05, 3.63) is 140 Å². The highest BCUT2D eigenvalue weighted by Crippen LogP contribution is 2.58. The number of rotatable bonds is 19. The van der Waals surface area contributed by atoms with Crippen LogP contribution in [0.25, 0.3) is 11.1 Å². The Balaban J connectivity index is 1.26. The van der Waals surface area contributed by atoms with Crippen LogP contribution in [0.3, 0.4) is 0 Å². The summed E-state index contributed by atoms with van der Waals surface area (Å²) in [6.07, 6.45) is 24.9. The van der Waals surface area contributed by atoms with Gasteiger partial charge in [-0.2, -0.15) is 0 Å². The van der Waals surface area contributed by atoms with Crippen LogP contribution in [0.5, 0.6) is 46.0 Å². The maximum Gasteiger partial charge on any atom is 0.230 e. The van der Waals surface area contributed by atoms with E-state index in [0.717, 1.165) is 182 Å². The number of unbranched alkanes of at least 4 members (excludes halogenated alkanes) is 8. The molecule has 4 atom stereocenters. The lowest BCUT2D eigenvalue weighted by molar-refractivity contribution is -0.688. The molecule has 11 rings (SSSR count). The third-order valence-corrected chi connectivity index (χ3v) is 17.2. The molecule has 0 fully saturated rings. The van der Waals surface area contributed by atoms with Gasteiger partial charge in [-0.05, 0) is 94.0 Å². The largest absolute Gasteiger partial charge is 0.457 e. The number of aromatic nitrogens is 2. The maximum absolute atomic E-state index is 7.15. The van der Waals surface area contributed by atoms with E-state index in [2.05, 4.69) is 119 Å². The number of hydrogen-bond acceptors (Lipinski definition) is 9. The normalized spacial score (nSPS) is 18.4. The average Bonchev–Trinajstić information content (AvgIpc) is 3.50. The molecule has 76 heavy (non-hydrogen) atoms. The standard InChI is InChI=1S/C66H79N2O8/c1-8-12-16-20-46-50-32-51-47(21-17-13-9-2)53-34-55-49(23-19-15-11-4)57-35-56-48(22-18-14-10-3)54-33-52(46)61-42(6)63(54)73-39-75-65(56)58(36-68-30-26-45(27-31-68)44-24-28-67-29-25-44)66(57)76-40-74-64(55)43(7)62(53)72-38-70-60(51)41(5)59(50)69-37-71-61/h24-35,46-49H,8-23,36-40H2,1-7H3/q+1/t46?,47?,48-,49+. The Bertz CT molecular complexity index is 2890. The van der Waals surface area contributed by atoms with Gasteiger partial charge in [-0.25, -0.2) is 4.57 Å². The molecular weight excluding hydrogens is 949 g/mol. The summed E-state index contributed by atoms with van der Waals surface area (Å²) in [6.45, 7) is 16.4. The van der Waals surface area contributed by atoms with E-state index >= 15 is 0 Å². The van der Waals surface area contributed by atoms with Crippen LogP contribution in [-0.4, -0.2) is 32.2 Å². The summed E-state index contributed by atoms with van der Waals surface area (Å²) in [6, 6.07) is 18.5. The number of pyridine rings is 2. The quantitative estimate of drug-likeness (QED) is 0.0581. The lowest BCUT2D eigenvalue weighted by Gasteiger charge is -2.37. The average molecular weight is 1030 g/mol. The van der Waals surface area contributed by atoms with Gasteiger partial charge in [0.15, 0.2) is 18.9 Å². The molecule has 4 aliphatic heterocycles. The summed E-state index contributed by atoms with van der Waals surface area (Å²) in [4.78, 5) is 4.28. The second kappa shape index (κ2) is 23.0. The Hall–Kier alpha value is -6.42. The van der Waals surface area contributed by atoms with Crippen molar-refractivity contribution in [2.75, 3.05) is 27.2 Å². The highest BCUT2D eigenvalue weighted by Gasteiger charge is 2.41. The van der Waals surface area contributed by atoms with E-state index in [1.165, 1.54) is 44.5 Å². The minimum Gasteiger partial charge on any atom is -0.457 e. The third-order valence-electron chi connectivity index (χ3n) is 17.2. The van der Waals surface area contributed by atoms with Crippen LogP contribution >= 0.6 is 0 Å². The lowest BCUT2D eigenvalue weighted by Crippen LogP contribution is -2.34. The SMILES string of the molecule is CCCCCC1c2cc3c4c(C)c2OCOc2c1cc1c(c2C)OCOc2c(cc5c(c2C[n+]2ccc(-c6ccncc6)cc2)OCOc2c(cc(c(c2C)OCO4)C3CCCCC)[C@@H]5CCCCC)[C@@H]1CCCCC. The Morgan fingerprint density at radius 3 is 0.961 bits per heavy atom. The van der Waals surface area contributed by atoms with Crippen LogP contribution in [0.1, 0.15) is 221 Å². The highest BCUT2D eigenvalue weighted by molar-refractivity contribution is 5.69. The fourth-order valence-corrected chi connectivity index (χ4v) is 13.3. The van der Waals surface area contributed by atoms with Crippen molar-refractivity contribution in [2.24, 2.45) is 0 Å². The Kier molecular flexibility index (Phi) is 15.7. The minimum absolute atomic E-state index is 0.0212. The van der Waals surface area contributed by atoms with Crippen LogP contribution in [0.15, 0.2) is 73.3 Å². The molecule has 2 unspecified atom stereocenters. The van der Waals surface area contributed by atoms with E-state index in [4.69, 9.17) is 37.9 Å². The summed E-state index contributed by atoms with van der Waals surface area (Å²) >= 11 is 0. The van der Waals surface area contributed by atoms with Crippen molar-refractivity contribution in [2.45, 2.75) is 181 Å². The molecule has 0 radical (unpaired) electrons. The minimum atomic E-state index is -0.0681. The number of benzene rings is 4. The molecular formula is C66H79N2O8+. The molecule has 6 heterocycles. The Morgan fingerprint density at radius 2 is 0.658 bits per heavy atom. The van der Waals surface area contributed by atoms with Gasteiger partial charge in [0.2, 0.25) is 27.2 Å². The summed E-state index contributed by atoms with van der Waals surface area (Å²) in [5, 5.41) is 0. The molecule has 0 N–H and O–H groups in total. The van der Waals surface area contributed by atoms with Gasteiger partial charge in [0.1, 0.15) is 51.6 Å². The molecule has 400 valence electrons. The van der Waals surface area contributed by atoms with Crippen LogP contribution in [0.2, 0.25) is 0 Å². The van der Waals surface area contributed by atoms with Crippen molar-refractivity contribution in [3.63, 3.8) is 0 Å². The Labute approximate surface area is 451 Å². The van der Waals surface area contributed by atoms with Gasteiger partial charge >= 0.3 is 0 Å². The molecule has 0 saturated carbocycles. The van der Waals surface area contributed by atoms with E-state index in [-0.39, 0.29) is 50.8 Å². The molecule has 4 aromatic carbocycles. The second-order valence-corrected chi connectivity index (χ2v) is 22.0. The van der Waals surface area contributed by atoms with Gasteiger partial charge in [-0.3, -0.25) is 4.98 Å². The molecule has 10 heteroatoms. The van der Waals surface area contributed by atoms with Crippen molar-refractivity contribution < 1.29 is 42.5 Å². The fourth-order valence-electron chi connectivity index (χ4n) is 13.3. The van der Waals surface area contributed by atoms with E-state index in [1.54, 1.807) is 0 Å². The molecule has 1 aliphatic carbocycles. The van der Waals surface area contributed by atoms with Gasteiger partial charge < -0.3 is 37.9 Å². The van der Waals surface area contributed by atoms with Crippen LogP contribution in [0, 0.1) is 20.8 Å². The van der Waals surface area contributed by atoms with Gasteiger partial charge in [0.25, 0.3) is 0 Å². The second-order valence-electron chi connectivity index (χ2n) is 22.0. The number of ether oxygens (including phenoxy) is 8. The smallest absolute Gasteiger partial charge is 0.230 e. The Morgan fingerprint density at radius 1 is 0.382 bits per heavy atom. The molecule has 0 spiro atoms. The monoisotopic (exact) mass is 1030 g/mol. The zero-order valence-electron chi connectivity index (χ0n) is 46.2. The first-order valence-corrected chi connectivity index (χ1v) is 29.0. The molecule has 2 aromatic heterocycles. The van der Waals surface area contributed by atoms with Crippen LogP contribution < -0.4 is 42.5 Å². The molecule has 10 nitrogen and oxygen atoms in total. The predicted molar refractivity (Wildman–Crippen MR) is 297 cm³/mol. The molecule has 6 aromatic rings. The third kappa shape index (κ3) is 9.72. The fraction of sp³-hybridized carbons (Fsp3) is 0.485. The summed E-state index contributed by atoms with van der Waals surface area (Å²) in [7, 11) is 0. The first-order valence-electron chi connectivity index (χ1n) is 29.0. The van der Waals surface area contributed by atoms with Crippen molar-refractivity contribution in [3.8, 4) is 57.1 Å². The highest BCUT2D eigenvalue weighted by atomic mass is 16.7. The maximum atomic E-state index is 7.15. The molecule has 0 saturated heterocycles. The van der Waals surface area contributed by atoms with Crippen molar-refractivity contribution >= 4 is 0 Å². The number of nitrogens with zero attached hydrogens (tertiary/aromatic N) is 2. The van der Waals surface area contributed by atoms with E-state index in [1.807, 2.05) is 12.4 Å². The van der Waals surface area contributed by atoms with Gasteiger partial charge in [-0.15, -0.1) is 0 Å². The first kappa shape index (κ1) is 51.7. The first-order chi connectivity index (χ1) is 37.3. The van der Waals surface area contributed by atoms with Gasteiger partial charge in [0.05, 0.1) is 0 Å². The van der Waals surface area contributed by atoms with Gasteiger partial charge in [0, 0.05) is 109 Å². The predicted octanol–water partition coefficient (Wildman–Crippen LogP) is 16.1. The van der Waals surface area contributed by atoms with E-state index < -0.39 is 0 Å².